The highest BCUT2D eigenvalue weighted by Gasteiger charge is 2.02. The first-order valence-electron chi connectivity index (χ1n) is 2.34. The molecule has 0 aliphatic heterocycles. The molecule has 3 N–H and O–H groups in total. The monoisotopic (exact) mass is 205 g/mol. The molecule has 0 radical (unpaired) electrons. The van der Waals surface area contributed by atoms with Crippen LogP contribution in [0.5, 0.6) is 5.75 Å². The number of hydrogen-bond acceptors (Lipinski definition) is 5. The third-order valence-corrected chi connectivity index (χ3v) is 1.38. The number of anilines is 1. The summed E-state index contributed by atoms with van der Waals surface area (Å²) in [6.45, 7) is 0. The van der Waals surface area contributed by atoms with Crippen LogP contribution in [0.2, 0.25) is 0 Å². The van der Waals surface area contributed by atoms with Crippen molar-refractivity contribution in [3.05, 3.63) is 10.7 Å². The van der Waals surface area contributed by atoms with Crippen LogP contribution in [-0.4, -0.2) is 15.5 Å². The molecule has 0 saturated carbocycles. The van der Waals surface area contributed by atoms with Crippen molar-refractivity contribution in [1.82, 2.24) is 10.2 Å². The largest absolute Gasteiger partial charge is 0.382 e. The van der Waals surface area contributed by atoms with Gasteiger partial charge in [-0.15, -0.1) is 10.2 Å². The molecule has 0 fully saturated rings. The van der Waals surface area contributed by atoms with E-state index >= 15 is 0 Å². The number of hydrogen-bond donors (Lipinski definition) is 2. The maximum absolute atomic E-state index is 8.19. The Morgan fingerprint density at radius 3 is 2.80 bits per heavy atom. The third-order valence-electron chi connectivity index (χ3n) is 0.834. The first-order valence-corrected chi connectivity index (χ1v) is 3.13. The zero-order valence-electron chi connectivity index (χ0n) is 4.78. The summed E-state index contributed by atoms with van der Waals surface area (Å²) in [4.78, 5) is 3.90. The molecule has 0 aromatic carbocycles. The van der Waals surface area contributed by atoms with E-state index in [1.54, 1.807) is 0 Å². The molecule has 1 heterocycles. The minimum absolute atomic E-state index is 0.146. The summed E-state index contributed by atoms with van der Waals surface area (Å²) in [6.07, 6.45) is 0. The van der Waals surface area contributed by atoms with Crippen LogP contribution in [0.15, 0.2) is 10.7 Å². The summed E-state index contributed by atoms with van der Waals surface area (Å²) in [5.41, 5.74) is 5.22. The lowest BCUT2D eigenvalue weighted by molar-refractivity contribution is -0.138. The van der Waals surface area contributed by atoms with Crippen molar-refractivity contribution >= 4 is 21.7 Å². The Balaban J connectivity index is 3.09. The van der Waals surface area contributed by atoms with E-state index in [1.165, 1.54) is 6.07 Å². The molecule has 1 aromatic heterocycles. The van der Waals surface area contributed by atoms with Gasteiger partial charge in [0.2, 0.25) is 5.75 Å². The topological polar surface area (TPSA) is 81.3 Å². The Morgan fingerprint density at radius 2 is 2.30 bits per heavy atom. The summed E-state index contributed by atoms with van der Waals surface area (Å²) in [5.74, 6) is 0.333. The second-order valence-corrected chi connectivity index (χ2v) is 2.27. The van der Waals surface area contributed by atoms with Crippen molar-refractivity contribution < 1.29 is 10.1 Å². The van der Waals surface area contributed by atoms with Crippen LogP contribution in [0.25, 0.3) is 0 Å². The van der Waals surface area contributed by atoms with E-state index in [4.69, 9.17) is 11.0 Å². The maximum Gasteiger partial charge on any atom is 0.203 e. The maximum atomic E-state index is 8.19. The minimum Gasteiger partial charge on any atom is -0.382 e. The molecule has 0 saturated heterocycles. The summed E-state index contributed by atoms with van der Waals surface area (Å²) in [7, 11) is 0. The fourth-order valence-corrected chi connectivity index (χ4v) is 0.704. The predicted molar refractivity (Wildman–Crippen MR) is 37.4 cm³/mol. The number of halogens is 1. The molecule has 5 nitrogen and oxygen atoms in total. The van der Waals surface area contributed by atoms with Gasteiger partial charge in [0.15, 0.2) is 4.60 Å². The van der Waals surface area contributed by atoms with Gasteiger partial charge in [0, 0.05) is 6.07 Å². The van der Waals surface area contributed by atoms with E-state index in [0.29, 0.717) is 4.60 Å². The van der Waals surface area contributed by atoms with E-state index in [0.717, 1.165) is 0 Å². The number of nitrogen functional groups attached to an aromatic ring is 1. The van der Waals surface area contributed by atoms with Crippen LogP contribution < -0.4 is 10.6 Å². The molecule has 10 heavy (non-hydrogen) atoms. The summed E-state index contributed by atoms with van der Waals surface area (Å²) in [6, 6.07) is 1.34. The van der Waals surface area contributed by atoms with Gasteiger partial charge in [-0.3, -0.25) is 0 Å². The smallest absolute Gasteiger partial charge is 0.203 e. The molecule has 0 aliphatic rings. The predicted octanol–water partition coefficient (Wildman–Crippen LogP) is 0.673. The molecule has 0 spiro atoms. The fourth-order valence-electron chi connectivity index (χ4n) is 0.438. The normalized spacial score (nSPS) is 9.40. The SMILES string of the molecule is Nc1cc(OO)c(Br)nn1. The molecule has 0 atom stereocenters. The Morgan fingerprint density at radius 1 is 1.60 bits per heavy atom. The van der Waals surface area contributed by atoms with E-state index in [-0.39, 0.29) is 11.6 Å². The molecule has 6 heteroatoms. The van der Waals surface area contributed by atoms with Crippen molar-refractivity contribution in [1.29, 1.82) is 0 Å². The zero-order chi connectivity index (χ0) is 7.56. The van der Waals surface area contributed by atoms with Gasteiger partial charge in [0.1, 0.15) is 5.82 Å². The second-order valence-electron chi connectivity index (χ2n) is 1.52. The van der Waals surface area contributed by atoms with Crippen LogP contribution in [0, 0.1) is 0 Å². The zero-order valence-corrected chi connectivity index (χ0v) is 6.37. The number of nitrogens with two attached hydrogens (primary N) is 1. The van der Waals surface area contributed by atoms with Gasteiger partial charge >= 0.3 is 0 Å². The van der Waals surface area contributed by atoms with Gasteiger partial charge in [0.25, 0.3) is 0 Å². The lowest BCUT2D eigenvalue weighted by Gasteiger charge is -1.97. The average Bonchev–Trinajstić information content (AvgIpc) is 1.94. The molecular formula is C4H4BrN3O2. The molecule has 54 valence electrons. The van der Waals surface area contributed by atoms with Crippen LogP contribution in [-0.2, 0) is 0 Å². The number of aromatic nitrogens is 2. The second kappa shape index (κ2) is 2.80. The first kappa shape index (κ1) is 7.23. The van der Waals surface area contributed by atoms with Crippen molar-refractivity contribution in [3.8, 4) is 5.75 Å². The van der Waals surface area contributed by atoms with Crippen LogP contribution >= 0.6 is 15.9 Å². The molecule has 0 amide bonds. The molecule has 1 aromatic rings. The van der Waals surface area contributed by atoms with Crippen LogP contribution in [0.1, 0.15) is 0 Å². The van der Waals surface area contributed by atoms with E-state index in [2.05, 4.69) is 31.0 Å². The van der Waals surface area contributed by atoms with Crippen molar-refractivity contribution in [2.75, 3.05) is 5.73 Å². The van der Waals surface area contributed by atoms with Gasteiger partial charge < -0.3 is 10.6 Å². The van der Waals surface area contributed by atoms with Crippen molar-refractivity contribution in [2.24, 2.45) is 0 Å². The van der Waals surface area contributed by atoms with Crippen LogP contribution in [0.4, 0.5) is 5.82 Å². The highest BCUT2D eigenvalue weighted by Crippen LogP contribution is 2.21. The Hall–Kier alpha value is -0.880. The summed E-state index contributed by atoms with van der Waals surface area (Å²) >= 11 is 2.98. The average molecular weight is 206 g/mol. The highest BCUT2D eigenvalue weighted by molar-refractivity contribution is 9.10. The molecular weight excluding hydrogens is 202 g/mol. The quantitative estimate of drug-likeness (QED) is 0.521. The van der Waals surface area contributed by atoms with E-state index < -0.39 is 0 Å². The first-order chi connectivity index (χ1) is 4.74. The fraction of sp³-hybridized carbons (Fsp3) is 0. The van der Waals surface area contributed by atoms with Crippen molar-refractivity contribution in [2.45, 2.75) is 0 Å². The number of rotatable bonds is 1. The van der Waals surface area contributed by atoms with Gasteiger partial charge in [-0.25, -0.2) is 5.26 Å². The molecule has 0 unspecified atom stereocenters. The standard InChI is InChI=1S/C4H4BrN3O2/c5-4-2(10-9)1-3(6)7-8-4/h1,9H,(H2,6,7). The van der Waals surface area contributed by atoms with Gasteiger partial charge in [-0.1, -0.05) is 0 Å². The van der Waals surface area contributed by atoms with E-state index in [1.807, 2.05) is 0 Å². The highest BCUT2D eigenvalue weighted by atomic mass is 79.9. The van der Waals surface area contributed by atoms with Gasteiger partial charge in [0.05, 0.1) is 0 Å². The summed E-state index contributed by atoms with van der Waals surface area (Å²) in [5, 5.41) is 15.2. The lowest BCUT2D eigenvalue weighted by Crippen LogP contribution is -1.95. The van der Waals surface area contributed by atoms with Crippen molar-refractivity contribution in [3.63, 3.8) is 0 Å². The molecule has 1 rings (SSSR count). The van der Waals surface area contributed by atoms with Crippen LogP contribution in [0.3, 0.4) is 0 Å². The van der Waals surface area contributed by atoms with Gasteiger partial charge in [-0.2, -0.15) is 0 Å². The Kier molecular flexibility index (Phi) is 2.03. The number of nitrogens with zero attached hydrogens (tertiary/aromatic N) is 2. The third kappa shape index (κ3) is 1.34. The Bertz CT molecular complexity index is 242. The molecule has 0 bridgehead atoms. The minimum atomic E-state index is 0.146. The molecule has 0 aliphatic carbocycles. The van der Waals surface area contributed by atoms with Gasteiger partial charge in [-0.05, 0) is 15.9 Å². The van der Waals surface area contributed by atoms with E-state index in [9.17, 15) is 0 Å². The summed E-state index contributed by atoms with van der Waals surface area (Å²) < 4.78 is 0.309. The Labute approximate surface area is 64.9 Å². The lowest BCUT2D eigenvalue weighted by atomic mass is 10.5.